The van der Waals surface area contributed by atoms with Crippen LogP contribution < -0.4 is 14.8 Å². The van der Waals surface area contributed by atoms with E-state index in [0.717, 1.165) is 0 Å². The average Bonchev–Trinajstić information content (AvgIpc) is 2.63. The van der Waals surface area contributed by atoms with Gasteiger partial charge in [0.05, 0.1) is 17.7 Å². The van der Waals surface area contributed by atoms with Crippen molar-refractivity contribution < 1.29 is 28.6 Å². The van der Waals surface area contributed by atoms with E-state index in [1.54, 1.807) is 26.0 Å². The summed E-state index contributed by atoms with van der Waals surface area (Å²) < 4.78 is 16.4. The van der Waals surface area contributed by atoms with Crippen molar-refractivity contribution in [2.45, 2.75) is 13.8 Å². The normalized spacial score (nSPS) is 15.5. The molecule has 0 saturated carbocycles. The predicted molar refractivity (Wildman–Crippen MR) is 109 cm³/mol. The Morgan fingerprint density at radius 1 is 1.25 bits per heavy atom. The maximum absolute atomic E-state index is 12.3. The predicted octanol–water partition coefficient (Wildman–Crippen LogP) is 2.05. The Bertz CT molecular complexity index is 855. The molecule has 1 aromatic carbocycles. The molecule has 1 aliphatic heterocycles. The van der Waals surface area contributed by atoms with Gasteiger partial charge in [-0.15, -0.1) is 0 Å². The van der Waals surface area contributed by atoms with Gasteiger partial charge in [0.2, 0.25) is 0 Å². The highest BCUT2D eigenvalue weighted by Crippen LogP contribution is 2.37. The van der Waals surface area contributed by atoms with Crippen LogP contribution in [0.15, 0.2) is 22.2 Å². The van der Waals surface area contributed by atoms with Gasteiger partial charge in [-0.05, 0) is 65.8 Å². The zero-order chi connectivity index (χ0) is 20.8. The van der Waals surface area contributed by atoms with Crippen LogP contribution in [-0.2, 0) is 19.1 Å². The van der Waals surface area contributed by atoms with Gasteiger partial charge in [0, 0.05) is 7.05 Å². The van der Waals surface area contributed by atoms with Crippen molar-refractivity contribution in [1.29, 1.82) is 0 Å². The van der Waals surface area contributed by atoms with Crippen LogP contribution in [0.3, 0.4) is 0 Å². The summed E-state index contributed by atoms with van der Waals surface area (Å²) in [7, 11) is 1.48. The van der Waals surface area contributed by atoms with E-state index in [1.807, 2.05) is 0 Å². The molecule has 0 aliphatic carbocycles. The number of nitrogens with one attached hydrogen (secondary N) is 1. The summed E-state index contributed by atoms with van der Waals surface area (Å²) in [5.74, 6) is -0.933. The molecule has 150 valence electrons. The van der Waals surface area contributed by atoms with Crippen LogP contribution in [0.4, 0.5) is 0 Å². The largest absolute Gasteiger partial charge is 0.490 e. The number of nitrogens with zero attached hydrogens (tertiary/aromatic N) is 1. The van der Waals surface area contributed by atoms with Crippen molar-refractivity contribution in [1.82, 2.24) is 10.2 Å². The fourth-order valence-corrected chi connectivity index (χ4v) is 3.07. The summed E-state index contributed by atoms with van der Waals surface area (Å²) in [5, 5.41) is 2.50. The number of carbonyl (C=O) groups excluding carboxylic acids is 3. The standard InChI is InChI=1S/C18H19BrN2O6S/c1-4-25-13-8-10(6-11-16(23)20-18(28)21(3)17(11)24)7-12(19)15(13)27-9-14(22)26-5-2/h6-8H,4-5,9H2,1-3H3,(H,20,23,28)/b11-6-. The molecule has 28 heavy (non-hydrogen) atoms. The smallest absolute Gasteiger partial charge is 0.344 e. The highest BCUT2D eigenvalue weighted by atomic mass is 79.9. The van der Waals surface area contributed by atoms with Crippen LogP contribution in [0.25, 0.3) is 6.08 Å². The number of amides is 2. The van der Waals surface area contributed by atoms with Crippen molar-refractivity contribution in [2.75, 3.05) is 26.9 Å². The SMILES string of the molecule is CCOC(=O)COc1c(Br)cc(/C=C2/C(=O)NC(=S)N(C)C2=O)cc1OCC. The second-order valence-corrected chi connectivity index (χ2v) is 6.78. The van der Waals surface area contributed by atoms with E-state index in [-0.39, 0.29) is 23.9 Å². The minimum absolute atomic E-state index is 0.0473. The third-order valence-electron chi connectivity index (χ3n) is 3.59. The monoisotopic (exact) mass is 470 g/mol. The third-order valence-corrected chi connectivity index (χ3v) is 4.55. The number of halogens is 1. The number of likely N-dealkylation sites (N-methyl/N-ethyl adjacent to an activating group) is 1. The number of hydrogen-bond donors (Lipinski definition) is 1. The van der Waals surface area contributed by atoms with E-state index in [4.69, 9.17) is 26.4 Å². The lowest BCUT2D eigenvalue weighted by Crippen LogP contribution is -2.52. The van der Waals surface area contributed by atoms with Gasteiger partial charge in [-0.1, -0.05) is 0 Å². The number of esters is 1. The van der Waals surface area contributed by atoms with Gasteiger partial charge < -0.3 is 14.2 Å². The first-order valence-electron chi connectivity index (χ1n) is 8.38. The Kier molecular flexibility index (Phi) is 7.53. The maximum atomic E-state index is 12.3. The van der Waals surface area contributed by atoms with Crippen molar-refractivity contribution in [2.24, 2.45) is 0 Å². The van der Waals surface area contributed by atoms with Gasteiger partial charge in [0.15, 0.2) is 23.2 Å². The molecule has 1 aromatic rings. The summed E-state index contributed by atoms with van der Waals surface area (Å²) in [6.45, 7) is 3.81. The Labute approximate surface area is 175 Å². The number of thiocarbonyl (C=S) groups is 1. The summed E-state index contributed by atoms with van der Waals surface area (Å²) in [6.07, 6.45) is 1.43. The molecule has 8 nitrogen and oxygen atoms in total. The van der Waals surface area contributed by atoms with Gasteiger partial charge >= 0.3 is 5.97 Å². The minimum Gasteiger partial charge on any atom is -0.490 e. The van der Waals surface area contributed by atoms with Crippen molar-refractivity contribution in [3.05, 3.63) is 27.7 Å². The van der Waals surface area contributed by atoms with E-state index in [0.29, 0.717) is 28.1 Å². The maximum Gasteiger partial charge on any atom is 0.344 e. The van der Waals surface area contributed by atoms with Gasteiger partial charge in [0.1, 0.15) is 5.57 Å². The Morgan fingerprint density at radius 2 is 1.96 bits per heavy atom. The molecule has 1 fully saturated rings. The van der Waals surface area contributed by atoms with Gasteiger partial charge in [-0.2, -0.15) is 0 Å². The van der Waals surface area contributed by atoms with Crippen molar-refractivity contribution in [3.8, 4) is 11.5 Å². The molecule has 0 atom stereocenters. The van der Waals surface area contributed by atoms with E-state index in [9.17, 15) is 14.4 Å². The van der Waals surface area contributed by atoms with E-state index < -0.39 is 17.8 Å². The first-order valence-corrected chi connectivity index (χ1v) is 9.58. The van der Waals surface area contributed by atoms with E-state index >= 15 is 0 Å². The third kappa shape index (κ3) is 5.08. The lowest BCUT2D eigenvalue weighted by molar-refractivity contribution is -0.145. The molecule has 0 spiro atoms. The molecule has 1 heterocycles. The molecule has 1 saturated heterocycles. The molecule has 2 amide bonds. The zero-order valence-corrected chi connectivity index (χ0v) is 17.9. The number of benzene rings is 1. The molecule has 1 N–H and O–H groups in total. The van der Waals surface area contributed by atoms with E-state index in [1.165, 1.54) is 18.0 Å². The van der Waals surface area contributed by atoms with Crippen molar-refractivity contribution in [3.63, 3.8) is 0 Å². The molecule has 0 aromatic heterocycles. The molecular formula is C18H19BrN2O6S. The highest BCUT2D eigenvalue weighted by molar-refractivity contribution is 9.10. The topological polar surface area (TPSA) is 94.2 Å². The van der Waals surface area contributed by atoms with Crippen molar-refractivity contribution >= 4 is 57.1 Å². The second kappa shape index (κ2) is 9.65. The summed E-state index contributed by atoms with van der Waals surface area (Å²) in [6, 6.07) is 3.25. The fourth-order valence-electron chi connectivity index (χ4n) is 2.32. The highest BCUT2D eigenvalue weighted by Gasteiger charge is 2.30. The van der Waals surface area contributed by atoms with Crippen LogP contribution in [0.5, 0.6) is 11.5 Å². The van der Waals surface area contributed by atoms with Crippen LogP contribution in [0, 0.1) is 0 Å². The number of hydrogen-bond acceptors (Lipinski definition) is 7. The zero-order valence-electron chi connectivity index (χ0n) is 15.5. The molecule has 0 radical (unpaired) electrons. The molecule has 0 unspecified atom stereocenters. The van der Waals surface area contributed by atoms with Crippen LogP contribution in [0.1, 0.15) is 19.4 Å². The second-order valence-electron chi connectivity index (χ2n) is 5.54. The first kappa shape index (κ1) is 21.8. The van der Waals surface area contributed by atoms with Crippen LogP contribution in [0.2, 0.25) is 0 Å². The van der Waals surface area contributed by atoms with Gasteiger partial charge in [-0.25, -0.2) is 4.79 Å². The number of rotatable bonds is 7. The fraction of sp³-hybridized carbons (Fsp3) is 0.333. The number of carbonyl (C=O) groups is 3. The van der Waals surface area contributed by atoms with Crippen LogP contribution in [-0.4, -0.2) is 54.7 Å². The quantitative estimate of drug-likeness (QED) is 0.282. The molecule has 1 aliphatic rings. The average molecular weight is 471 g/mol. The molecule has 2 rings (SSSR count). The van der Waals surface area contributed by atoms with Gasteiger partial charge in [0.25, 0.3) is 11.8 Å². The van der Waals surface area contributed by atoms with Gasteiger partial charge in [-0.3, -0.25) is 19.8 Å². The Morgan fingerprint density at radius 3 is 2.61 bits per heavy atom. The number of ether oxygens (including phenoxy) is 3. The molecule has 0 bridgehead atoms. The lowest BCUT2D eigenvalue weighted by atomic mass is 10.1. The molecule has 10 heteroatoms. The lowest BCUT2D eigenvalue weighted by Gasteiger charge is -2.25. The van der Waals surface area contributed by atoms with E-state index in [2.05, 4.69) is 21.2 Å². The summed E-state index contributed by atoms with van der Waals surface area (Å²) in [5.41, 5.74) is 0.462. The minimum atomic E-state index is -0.579. The Balaban J connectivity index is 2.36. The summed E-state index contributed by atoms with van der Waals surface area (Å²) >= 11 is 8.30. The van der Waals surface area contributed by atoms with Crippen LogP contribution >= 0.6 is 28.1 Å². The molecular weight excluding hydrogens is 452 g/mol. The Hall–Kier alpha value is -2.46. The summed E-state index contributed by atoms with van der Waals surface area (Å²) in [4.78, 5) is 37.2. The first-order chi connectivity index (χ1) is 13.3.